The summed E-state index contributed by atoms with van der Waals surface area (Å²) in [5.74, 6) is 0.732. The van der Waals surface area contributed by atoms with Crippen molar-refractivity contribution < 1.29 is 0 Å². The van der Waals surface area contributed by atoms with E-state index in [0.717, 1.165) is 24.6 Å². The van der Waals surface area contributed by atoms with Crippen molar-refractivity contribution in [3.8, 4) is 0 Å². The van der Waals surface area contributed by atoms with Gasteiger partial charge in [-0.3, -0.25) is 0 Å². The zero-order valence-electron chi connectivity index (χ0n) is 10.6. The van der Waals surface area contributed by atoms with E-state index in [0.29, 0.717) is 11.1 Å². The van der Waals surface area contributed by atoms with Crippen molar-refractivity contribution >= 4 is 28.6 Å². The Labute approximate surface area is 120 Å². The third kappa shape index (κ3) is 1.82. The number of hydrogen-bond donors (Lipinski definition) is 0. The summed E-state index contributed by atoms with van der Waals surface area (Å²) in [5, 5.41) is 0.562. The van der Waals surface area contributed by atoms with Gasteiger partial charge in [0, 0.05) is 13.1 Å². The molecule has 100 valence electrons. The summed E-state index contributed by atoms with van der Waals surface area (Å²) >= 11 is 5.80. The summed E-state index contributed by atoms with van der Waals surface area (Å²) in [6.07, 6.45) is 5.17. The third-order valence-corrected chi connectivity index (χ3v) is 3.82. The first kappa shape index (κ1) is 11.7. The summed E-state index contributed by atoms with van der Waals surface area (Å²) < 4.78 is 2.22. The molecule has 3 heterocycles. The molecule has 0 radical (unpaired) electrons. The summed E-state index contributed by atoms with van der Waals surface area (Å²) in [6.45, 7) is 1.78. The molecule has 0 amide bonds. The van der Waals surface area contributed by atoms with Crippen LogP contribution in [0.5, 0.6) is 0 Å². The van der Waals surface area contributed by atoms with E-state index < -0.39 is 0 Å². The van der Waals surface area contributed by atoms with E-state index >= 15 is 0 Å². The molecule has 1 fully saturated rings. The number of anilines is 1. The molecule has 4 rings (SSSR count). The zero-order valence-corrected chi connectivity index (χ0v) is 11.4. The van der Waals surface area contributed by atoms with Crippen LogP contribution in [0.15, 0.2) is 43.0 Å². The molecule has 20 heavy (non-hydrogen) atoms. The van der Waals surface area contributed by atoms with Crippen molar-refractivity contribution in [2.24, 2.45) is 0 Å². The van der Waals surface area contributed by atoms with E-state index in [1.54, 1.807) is 12.4 Å². The van der Waals surface area contributed by atoms with Crippen LogP contribution < -0.4 is 4.90 Å². The first-order chi connectivity index (χ1) is 9.81. The monoisotopic (exact) mass is 285 g/mol. The predicted octanol–water partition coefficient (Wildman–Crippen LogP) is 2.54. The molecule has 0 unspecified atom stereocenters. The number of halogens is 1. The zero-order chi connectivity index (χ0) is 13.5. The molecule has 1 saturated heterocycles. The van der Waals surface area contributed by atoms with Gasteiger partial charge in [0.1, 0.15) is 0 Å². The first-order valence-electron chi connectivity index (χ1n) is 6.45. The minimum Gasteiger partial charge on any atom is -0.337 e. The van der Waals surface area contributed by atoms with Crippen molar-refractivity contribution in [1.29, 1.82) is 0 Å². The Morgan fingerprint density at radius 1 is 1.05 bits per heavy atom. The average Bonchev–Trinajstić information content (AvgIpc) is 2.84. The Kier molecular flexibility index (Phi) is 2.60. The minimum atomic E-state index is 0.418. The maximum Gasteiger partial charge on any atom is 0.225 e. The van der Waals surface area contributed by atoms with Crippen LogP contribution in [0.4, 0.5) is 5.95 Å². The maximum atomic E-state index is 5.80. The van der Waals surface area contributed by atoms with E-state index in [-0.39, 0.29) is 0 Å². The molecule has 6 heteroatoms. The lowest BCUT2D eigenvalue weighted by molar-refractivity contribution is 0.402. The van der Waals surface area contributed by atoms with Gasteiger partial charge >= 0.3 is 0 Å². The van der Waals surface area contributed by atoms with Gasteiger partial charge in [0.25, 0.3) is 0 Å². The topological polar surface area (TPSA) is 46.8 Å². The average molecular weight is 286 g/mol. The Balaban J connectivity index is 1.55. The van der Waals surface area contributed by atoms with E-state index in [2.05, 4.69) is 30.5 Å². The smallest absolute Gasteiger partial charge is 0.225 e. The van der Waals surface area contributed by atoms with Crippen LogP contribution >= 0.6 is 11.6 Å². The third-order valence-electron chi connectivity index (χ3n) is 3.63. The molecule has 3 aromatic rings. The number of hydrogen-bond acceptors (Lipinski definition) is 4. The summed E-state index contributed by atoms with van der Waals surface area (Å²) in [6, 6.07) is 8.60. The number of benzene rings is 1. The van der Waals surface area contributed by atoms with Crippen LogP contribution in [0.25, 0.3) is 11.0 Å². The molecule has 1 aromatic carbocycles. The molecule has 2 aromatic heterocycles. The molecule has 5 nitrogen and oxygen atoms in total. The van der Waals surface area contributed by atoms with Gasteiger partial charge < -0.3 is 9.47 Å². The van der Waals surface area contributed by atoms with Crippen molar-refractivity contribution in [2.45, 2.75) is 6.04 Å². The van der Waals surface area contributed by atoms with Crippen molar-refractivity contribution in [3.05, 3.63) is 48.0 Å². The van der Waals surface area contributed by atoms with Crippen LogP contribution in [-0.2, 0) is 0 Å². The molecule has 0 spiro atoms. The predicted molar refractivity (Wildman–Crippen MR) is 78.0 cm³/mol. The van der Waals surface area contributed by atoms with Gasteiger partial charge in [-0.1, -0.05) is 23.7 Å². The fourth-order valence-electron chi connectivity index (χ4n) is 2.53. The summed E-state index contributed by atoms with van der Waals surface area (Å²) in [4.78, 5) is 15.0. The maximum absolute atomic E-state index is 5.80. The molecule has 0 aliphatic carbocycles. The Hall–Kier alpha value is -2.14. The van der Waals surface area contributed by atoms with Crippen LogP contribution in [0.3, 0.4) is 0 Å². The van der Waals surface area contributed by atoms with Crippen LogP contribution in [-0.4, -0.2) is 32.6 Å². The van der Waals surface area contributed by atoms with Crippen LogP contribution in [0, 0.1) is 0 Å². The van der Waals surface area contributed by atoms with E-state index in [1.165, 1.54) is 5.52 Å². The number of fused-ring (bicyclic) bond motifs is 1. The first-order valence-corrected chi connectivity index (χ1v) is 6.83. The second-order valence-corrected chi connectivity index (χ2v) is 5.34. The van der Waals surface area contributed by atoms with E-state index in [9.17, 15) is 0 Å². The van der Waals surface area contributed by atoms with Crippen molar-refractivity contribution in [3.63, 3.8) is 0 Å². The van der Waals surface area contributed by atoms with Gasteiger partial charge in [-0.15, -0.1) is 0 Å². The molecule has 0 N–H and O–H groups in total. The van der Waals surface area contributed by atoms with Gasteiger partial charge in [0.05, 0.1) is 40.8 Å². The molecular weight excluding hydrogens is 274 g/mol. The van der Waals surface area contributed by atoms with Crippen LogP contribution in [0.2, 0.25) is 5.02 Å². The lowest BCUT2D eigenvalue weighted by Gasteiger charge is -2.40. The summed E-state index contributed by atoms with van der Waals surface area (Å²) in [5.41, 5.74) is 2.21. The quantitative estimate of drug-likeness (QED) is 0.726. The highest BCUT2D eigenvalue weighted by Gasteiger charge is 2.30. The fourth-order valence-corrected chi connectivity index (χ4v) is 2.63. The lowest BCUT2D eigenvalue weighted by Crippen LogP contribution is -2.48. The Morgan fingerprint density at radius 3 is 2.60 bits per heavy atom. The molecular formula is C14H12ClN5. The SMILES string of the molecule is Clc1cnc(N2CC(n3cnc4ccccc43)C2)nc1. The second-order valence-electron chi connectivity index (χ2n) is 4.90. The molecule has 0 saturated carbocycles. The fraction of sp³-hybridized carbons (Fsp3) is 0.214. The van der Waals surface area contributed by atoms with Gasteiger partial charge in [-0.05, 0) is 12.1 Å². The largest absolute Gasteiger partial charge is 0.337 e. The number of rotatable bonds is 2. The number of para-hydroxylation sites is 2. The minimum absolute atomic E-state index is 0.418. The van der Waals surface area contributed by atoms with Gasteiger partial charge in [-0.25, -0.2) is 15.0 Å². The molecule has 1 aliphatic rings. The Bertz CT molecular complexity index is 746. The second kappa shape index (κ2) is 4.45. The van der Waals surface area contributed by atoms with Gasteiger partial charge in [-0.2, -0.15) is 0 Å². The standard InChI is InChI=1S/C14H12ClN5/c15-10-5-16-14(17-6-10)19-7-11(8-19)20-9-18-12-3-1-2-4-13(12)20/h1-6,9,11H,7-8H2. The molecule has 0 atom stereocenters. The highest BCUT2D eigenvalue weighted by molar-refractivity contribution is 6.30. The number of aromatic nitrogens is 4. The highest BCUT2D eigenvalue weighted by Crippen LogP contribution is 2.28. The normalized spacial score (nSPS) is 15.6. The molecule has 0 bridgehead atoms. The Morgan fingerprint density at radius 2 is 1.80 bits per heavy atom. The van der Waals surface area contributed by atoms with Crippen LogP contribution in [0.1, 0.15) is 6.04 Å². The van der Waals surface area contributed by atoms with E-state index in [4.69, 9.17) is 11.6 Å². The number of imidazole rings is 1. The van der Waals surface area contributed by atoms with Crippen molar-refractivity contribution in [1.82, 2.24) is 19.5 Å². The number of nitrogens with zero attached hydrogens (tertiary/aromatic N) is 5. The highest BCUT2D eigenvalue weighted by atomic mass is 35.5. The lowest BCUT2D eigenvalue weighted by atomic mass is 10.1. The van der Waals surface area contributed by atoms with E-state index in [1.807, 2.05) is 24.5 Å². The summed E-state index contributed by atoms with van der Waals surface area (Å²) in [7, 11) is 0. The van der Waals surface area contributed by atoms with Gasteiger partial charge in [0.15, 0.2) is 0 Å². The van der Waals surface area contributed by atoms with Gasteiger partial charge in [0.2, 0.25) is 5.95 Å². The van der Waals surface area contributed by atoms with Crippen molar-refractivity contribution in [2.75, 3.05) is 18.0 Å². The molecule has 1 aliphatic heterocycles.